The Labute approximate surface area is 147 Å². The first-order valence-corrected chi connectivity index (χ1v) is 7.89. The van der Waals surface area contributed by atoms with Crippen molar-refractivity contribution >= 4 is 16.9 Å². The molecule has 0 radical (unpaired) electrons. The van der Waals surface area contributed by atoms with Gasteiger partial charge in [-0.25, -0.2) is 4.98 Å². The van der Waals surface area contributed by atoms with Crippen LogP contribution in [0.5, 0.6) is 17.4 Å². The molecule has 1 aliphatic heterocycles. The van der Waals surface area contributed by atoms with Crippen molar-refractivity contribution in [2.75, 3.05) is 13.9 Å². The van der Waals surface area contributed by atoms with Crippen LogP contribution < -0.4 is 25.0 Å². The third-order valence-corrected chi connectivity index (χ3v) is 4.05. The van der Waals surface area contributed by atoms with Crippen LogP contribution in [0.25, 0.3) is 11.0 Å². The molecule has 2 N–H and O–H groups in total. The number of amides is 1. The summed E-state index contributed by atoms with van der Waals surface area (Å²) in [6.07, 6.45) is 1.38. The van der Waals surface area contributed by atoms with Crippen molar-refractivity contribution < 1.29 is 19.0 Å². The fourth-order valence-electron chi connectivity index (χ4n) is 2.68. The van der Waals surface area contributed by atoms with E-state index in [0.29, 0.717) is 22.9 Å². The molecule has 132 valence electrons. The van der Waals surface area contributed by atoms with E-state index in [2.05, 4.69) is 15.3 Å². The van der Waals surface area contributed by atoms with Gasteiger partial charge in [0.2, 0.25) is 18.1 Å². The lowest BCUT2D eigenvalue weighted by atomic mass is 10.2. The number of carbonyl (C=O) groups excluding carboxylic acids is 1. The normalized spacial score (nSPS) is 12.2. The van der Waals surface area contributed by atoms with Gasteiger partial charge in [0, 0.05) is 18.8 Å². The van der Waals surface area contributed by atoms with Gasteiger partial charge in [0.15, 0.2) is 11.5 Å². The van der Waals surface area contributed by atoms with Crippen molar-refractivity contribution in [2.24, 2.45) is 0 Å². The molecular formula is C18H15N3O5. The number of benzene rings is 1. The number of rotatable bonds is 4. The lowest BCUT2D eigenvalue weighted by molar-refractivity contribution is 0.0949. The number of aromatic amines is 1. The van der Waals surface area contributed by atoms with Crippen molar-refractivity contribution in [3.05, 3.63) is 57.9 Å². The molecule has 3 heterocycles. The van der Waals surface area contributed by atoms with Crippen LogP contribution in [0.2, 0.25) is 0 Å². The van der Waals surface area contributed by atoms with E-state index in [1.54, 1.807) is 24.3 Å². The maximum absolute atomic E-state index is 12.6. The molecule has 0 spiro atoms. The number of carbonyl (C=O) groups is 1. The van der Waals surface area contributed by atoms with E-state index in [9.17, 15) is 9.59 Å². The van der Waals surface area contributed by atoms with Gasteiger partial charge in [0.1, 0.15) is 11.1 Å². The van der Waals surface area contributed by atoms with Crippen LogP contribution in [0.3, 0.4) is 0 Å². The Morgan fingerprint density at radius 1 is 1.27 bits per heavy atom. The SMILES string of the molecule is COc1ccc2[nH]cc(C(=O)NCc3ccc4c(c3)OCO4)c(=O)c2n1. The quantitative estimate of drug-likeness (QED) is 0.738. The Kier molecular flexibility index (Phi) is 3.92. The smallest absolute Gasteiger partial charge is 0.257 e. The minimum Gasteiger partial charge on any atom is -0.481 e. The van der Waals surface area contributed by atoms with E-state index in [1.165, 1.54) is 13.3 Å². The molecule has 1 aliphatic rings. The molecule has 4 rings (SSSR count). The molecule has 3 aromatic rings. The summed E-state index contributed by atoms with van der Waals surface area (Å²) in [7, 11) is 1.46. The van der Waals surface area contributed by atoms with Crippen molar-refractivity contribution in [1.82, 2.24) is 15.3 Å². The Balaban J connectivity index is 1.56. The number of hydrogen-bond donors (Lipinski definition) is 2. The van der Waals surface area contributed by atoms with Gasteiger partial charge in [-0.2, -0.15) is 0 Å². The molecule has 0 aliphatic carbocycles. The summed E-state index contributed by atoms with van der Waals surface area (Å²) >= 11 is 0. The summed E-state index contributed by atoms with van der Waals surface area (Å²) in [5.41, 5.74) is 1.04. The maximum atomic E-state index is 12.6. The minimum absolute atomic E-state index is 0.0148. The molecule has 1 aromatic carbocycles. The number of hydrogen-bond acceptors (Lipinski definition) is 6. The molecule has 0 saturated carbocycles. The summed E-state index contributed by atoms with van der Waals surface area (Å²) in [5.74, 6) is 1.12. The Hall–Kier alpha value is -3.55. The standard InChI is InChI=1S/C18H15N3O5/c1-24-15-5-3-12-16(21-15)17(22)11(8-19-12)18(23)20-7-10-2-4-13-14(6-10)26-9-25-13/h2-6,8H,7,9H2,1H3,(H,19,22)(H,20,23). The van der Waals surface area contributed by atoms with Crippen LogP contribution in [0.1, 0.15) is 15.9 Å². The van der Waals surface area contributed by atoms with Crippen molar-refractivity contribution in [3.8, 4) is 17.4 Å². The molecule has 0 atom stereocenters. The van der Waals surface area contributed by atoms with E-state index in [1.807, 2.05) is 6.07 Å². The number of nitrogens with one attached hydrogen (secondary N) is 2. The second-order valence-electron chi connectivity index (χ2n) is 5.65. The molecule has 0 fully saturated rings. The van der Waals surface area contributed by atoms with Gasteiger partial charge < -0.3 is 24.5 Å². The first kappa shape index (κ1) is 15.9. The van der Waals surface area contributed by atoms with Gasteiger partial charge in [0.05, 0.1) is 12.6 Å². The highest BCUT2D eigenvalue weighted by Crippen LogP contribution is 2.32. The third kappa shape index (κ3) is 2.81. The molecule has 0 unspecified atom stereocenters. The van der Waals surface area contributed by atoms with Gasteiger partial charge in [-0.3, -0.25) is 9.59 Å². The molecule has 2 aromatic heterocycles. The monoisotopic (exact) mass is 353 g/mol. The molecule has 0 bridgehead atoms. The Morgan fingerprint density at radius 2 is 2.12 bits per heavy atom. The molecular weight excluding hydrogens is 338 g/mol. The molecule has 26 heavy (non-hydrogen) atoms. The number of nitrogens with zero attached hydrogens (tertiary/aromatic N) is 1. The van der Waals surface area contributed by atoms with E-state index in [0.717, 1.165) is 5.56 Å². The fraction of sp³-hybridized carbons (Fsp3) is 0.167. The molecule has 8 nitrogen and oxygen atoms in total. The first-order valence-electron chi connectivity index (χ1n) is 7.89. The van der Waals surface area contributed by atoms with Crippen molar-refractivity contribution in [2.45, 2.75) is 6.54 Å². The minimum atomic E-state index is -0.490. The maximum Gasteiger partial charge on any atom is 0.257 e. The lowest BCUT2D eigenvalue weighted by Crippen LogP contribution is -2.28. The van der Waals surface area contributed by atoms with Crippen LogP contribution in [-0.2, 0) is 6.54 Å². The van der Waals surface area contributed by atoms with E-state index >= 15 is 0 Å². The van der Waals surface area contributed by atoms with Crippen LogP contribution in [0, 0.1) is 0 Å². The molecule has 8 heteroatoms. The predicted molar refractivity (Wildman–Crippen MR) is 92.7 cm³/mol. The number of H-pyrrole nitrogens is 1. The highest BCUT2D eigenvalue weighted by atomic mass is 16.7. The van der Waals surface area contributed by atoms with E-state index in [-0.39, 0.29) is 24.4 Å². The zero-order chi connectivity index (χ0) is 18.1. The lowest BCUT2D eigenvalue weighted by Gasteiger charge is -2.07. The Bertz CT molecular complexity index is 1060. The highest BCUT2D eigenvalue weighted by Gasteiger charge is 2.16. The number of pyridine rings is 2. The predicted octanol–water partition coefficient (Wildman–Crippen LogP) is 1.59. The average molecular weight is 353 g/mol. The number of ether oxygens (including phenoxy) is 3. The van der Waals surface area contributed by atoms with Crippen LogP contribution in [0.15, 0.2) is 41.3 Å². The van der Waals surface area contributed by atoms with Gasteiger partial charge in [-0.1, -0.05) is 6.07 Å². The van der Waals surface area contributed by atoms with E-state index in [4.69, 9.17) is 14.2 Å². The second kappa shape index (κ2) is 6.40. The second-order valence-corrected chi connectivity index (χ2v) is 5.65. The largest absolute Gasteiger partial charge is 0.481 e. The van der Waals surface area contributed by atoms with Gasteiger partial charge >= 0.3 is 0 Å². The number of aromatic nitrogens is 2. The van der Waals surface area contributed by atoms with Crippen LogP contribution in [-0.4, -0.2) is 29.8 Å². The third-order valence-electron chi connectivity index (χ3n) is 4.05. The van der Waals surface area contributed by atoms with Crippen LogP contribution in [0.4, 0.5) is 0 Å². The van der Waals surface area contributed by atoms with Crippen LogP contribution >= 0.6 is 0 Å². The van der Waals surface area contributed by atoms with Crippen molar-refractivity contribution in [1.29, 1.82) is 0 Å². The van der Waals surface area contributed by atoms with E-state index < -0.39 is 11.3 Å². The molecule has 0 saturated heterocycles. The zero-order valence-electron chi connectivity index (χ0n) is 13.9. The van der Waals surface area contributed by atoms with Gasteiger partial charge in [-0.05, 0) is 23.8 Å². The Morgan fingerprint density at radius 3 is 2.96 bits per heavy atom. The van der Waals surface area contributed by atoms with Crippen molar-refractivity contribution in [3.63, 3.8) is 0 Å². The van der Waals surface area contributed by atoms with Gasteiger partial charge in [0.25, 0.3) is 5.91 Å². The average Bonchev–Trinajstić information content (AvgIpc) is 3.14. The molecule has 1 amide bonds. The van der Waals surface area contributed by atoms with Gasteiger partial charge in [-0.15, -0.1) is 0 Å². The summed E-state index contributed by atoms with van der Waals surface area (Å²) in [4.78, 5) is 32.0. The topological polar surface area (TPSA) is 103 Å². The highest BCUT2D eigenvalue weighted by molar-refractivity contribution is 5.96. The number of methoxy groups -OCH3 is 1. The summed E-state index contributed by atoms with van der Waals surface area (Å²) < 4.78 is 15.6. The summed E-state index contributed by atoms with van der Waals surface area (Å²) in [5, 5.41) is 2.73. The first-order chi connectivity index (χ1) is 12.7. The zero-order valence-corrected chi connectivity index (χ0v) is 13.9. The summed E-state index contributed by atoms with van der Waals surface area (Å²) in [6, 6.07) is 8.71. The number of fused-ring (bicyclic) bond motifs is 2. The fourth-order valence-corrected chi connectivity index (χ4v) is 2.68. The summed E-state index contributed by atoms with van der Waals surface area (Å²) in [6.45, 7) is 0.437.